The summed E-state index contributed by atoms with van der Waals surface area (Å²) in [4.78, 5) is 44.2. The molecule has 1 fully saturated rings. The highest BCUT2D eigenvalue weighted by molar-refractivity contribution is 5.75. The number of anilines is 1. The summed E-state index contributed by atoms with van der Waals surface area (Å²) in [5.74, 6) is -0.0134. The number of rotatable bonds is 6. The Kier molecular flexibility index (Phi) is 5.45. The number of hydrogen-bond acceptors (Lipinski definition) is 7. The molecule has 2 aromatic heterocycles. The zero-order valence-electron chi connectivity index (χ0n) is 15.6. The van der Waals surface area contributed by atoms with Gasteiger partial charge in [-0.3, -0.25) is 14.2 Å². The van der Waals surface area contributed by atoms with Gasteiger partial charge in [-0.1, -0.05) is 6.08 Å². The second kappa shape index (κ2) is 7.78. The van der Waals surface area contributed by atoms with Crippen LogP contribution in [0.1, 0.15) is 6.92 Å². The highest BCUT2D eigenvalue weighted by Gasteiger charge is 2.24. The van der Waals surface area contributed by atoms with E-state index in [1.165, 1.54) is 4.57 Å². The van der Waals surface area contributed by atoms with E-state index >= 15 is 0 Å². The van der Waals surface area contributed by atoms with Crippen molar-refractivity contribution in [3.63, 3.8) is 0 Å². The smallest absolute Gasteiger partial charge is 0.333 e. The molecular weight excluding hydrogens is 352 g/mol. The molecule has 0 radical (unpaired) electrons. The molecule has 2 aromatic rings. The number of esters is 1. The topological polar surface area (TPSA) is 103 Å². The van der Waals surface area contributed by atoms with Gasteiger partial charge in [-0.25, -0.2) is 9.36 Å². The van der Waals surface area contributed by atoms with Crippen molar-refractivity contribution >= 4 is 23.1 Å². The van der Waals surface area contributed by atoms with Crippen LogP contribution in [-0.2, 0) is 29.7 Å². The van der Waals surface area contributed by atoms with Gasteiger partial charge in [-0.15, -0.1) is 6.58 Å². The number of aryl methyl sites for hydroxylation is 1. The molecule has 1 aliphatic heterocycles. The lowest BCUT2D eigenvalue weighted by Gasteiger charge is -2.28. The van der Waals surface area contributed by atoms with E-state index in [4.69, 9.17) is 4.74 Å². The number of fused-ring (bicyclic) bond motifs is 1. The summed E-state index contributed by atoms with van der Waals surface area (Å²) >= 11 is 0. The normalized spacial score (nSPS) is 14.5. The fourth-order valence-corrected chi connectivity index (χ4v) is 3.24. The van der Waals surface area contributed by atoms with Crippen molar-refractivity contribution in [2.24, 2.45) is 7.05 Å². The van der Waals surface area contributed by atoms with E-state index in [0.29, 0.717) is 18.1 Å². The molecule has 10 nitrogen and oxygen atoms in total. The van der Waals surface area contributed by atoms with Crippen LogP contribution in [0.3, 0.4) is 0 Å². The van der Waals surface area contributed by atoms with Gasteiger partial charge in [0, 0.05) is 39.8 Å². The largest absolute Gasteiger partial charge is 0.465 e. The molecule has 0 aromatic carbocycles. The Morgan fingerprint density at radius 3 is 2.63 bits per heavy atom. The van der Waals surface area contributed by atoms with Gasteiger partial charge in [-0.05, 0) is 6.92 Å². The number of nitrogens with zero attached hydrogens (tertiary/aromatic N) is 5. The van der Waals surface area contributed by atoms with Crippen LogP contribution in [0.5, 0.6) is 0 Å². The molecule has 3 heterocycles. The number of carbonyl (C=O) groups excluding carboxylic acids is 1. The number of nitrogens with one attached hydrogen (secondary N) is 1. The molecule has 27 heavy (non-hydrogen) atoms. The van der Waals surface area contributed by atoms with Crippen LogP contribution in [0.15, 0.2) is 22.2 Å². The standard InChI is InChI=1S/C17H24N6O4/c1-4-8-22-13-14(19-16(22)21-9-6-18-7-10-21)20(3)17(26)23(15(13)25)11-12(24)27-5-2/h4,18H,1,5-11H2,2-3H3. The third-order valence-electron chi connectivity index (χ3n) is 4.52. The average Bonchev–Trinajstić information content (AvgIpc) is 3.04. The first-order valence-electron chi connectivity index (χ1n) is 8.91. The number of carbonyl (C=O) groups is 1. The van der Waals surface area contributed by atoms with Crippen molar-refractivity contribution in [1.82, 2.24) is 24.0 Å². The van der Waals surface area contributed by atoms with Crippen molar-refractivity contribution in [2.45, 2.75) is 20.0 Å². The molecule has 1 saturated heterocycles. The first-order chi connectivity index (χ1) is 13.0. The zero-order valence-corrected chi connectivity index (χ0v) is 15.6. The van der Waals surface area contributed by atoms with Gasteiger partial charge >= 0.3 is 11.7 Å². The lowest BCUT2D eigenvalue weighted by Crippen LogP contribution is -2.44. The highest BCUT2D eigenvalue weighted by Crippen LogP contribution is 2.20. The van der Waals surface area contributed by atoms with E-state index in [-0.39, 0.29) is 12.1 Å². The Balaban J connectivity index is 2.22. The van der Waals surface area contributed by atoms with E-state index in [0.717, 1.165) is 30.7 Å². The number of ether oxygens (including phenoxy) is 1. The fraction of sp³-hybridized carbons (Fsp3) is 0.529. The van der Waals surface area contributed by atoms with Gasteiger partial charge in [0.1, 0.15) is 6.54 Å². The van der Waals surface area contributed by atoms with E-state index in [1.807, 2.05) is 0 Å². The molecule has 10 heteroatoms. The second-order valence-electron chi connectivity index (χ2n) is 6.26. The fourth-order valence-electron chi connectivity index (χ4n) is 3.24. The van der Waals surface area contributed by atoms with E-state index in [9.17, 15) is 14.4 Å². The van der Waals surface area contributed by atoms with Crippen molar-refractivity contribution in [1.29, 1.82) is 0 Å². The van der Waals surface area contributed by atoms with E-state index in [1.54, 1.807) is 24.6 Å². The maximum atomic E-state index is 13.0. The third-order valence-corrected chi connectivity index (χ3v) is 4.52. The summed E-state index contributed by atoms with van der Waals surface area (Å²) in [5, 5.41) is 3.27. The first kappa shape index (κ1) is 18.9. The monoisotopic (exact) mass is 376 g/mol. The van der Waals surface area contributed by atoms with Crippen LogP contribution < -0.4 is 21.5 Å². The lowest BCUT2D eigenvalue weighted by atomic mass is 10.4. The van der Waals surface area contributed by atoms with Crippen molar-refractivity contribution < 1.29 is 9.53 Å². The van der Waals surface area contributed by atoms with Crippen LogP contribution in [0, 0.1) is 0 Å². The van der Waals surface area contributed by atoms with Gasteiger partial charge in [0.15, 0.2) is 11.2 Å². The molecule has 0 atom stereocenters. The number of imidazole rings is 1. The molecule has 0 unspecified atom stereocenters. The van der Waals surface area contributed by atoms with Crippen LogP contribution in [0.25, 0.3) is 11.2 Å². The predicted octanol–water partition coefficient (Wildman–Crippen LogP) is -0.945. The molecule has 0 spiro atoms. The highest BCUT2D eigenvalue weighted by atomic mass is 16.5. The van der Waals surface area contributed by atoms with Crippen molar-refractivity contribution in [3.05, 3.63) is 33.5 Å². The third kappa shape index (κ3) is 3.39. The van der Waals surface area contributed by atoms with Gasteiger partial charge in [-0.2, -0.15) is 4.98 Å². The first-order valence-corrected chi connectivity index (χ1v) is 8.91. The molecule has 146 valence electrons. The maximum absolute atomic E-state index is 13.0. The van der Waals surface area contributed by atoms with Gasteiger partial charge in [0.05, 0.1) is 6.61 Å². The Labute approximate surface area is 155 Å². The minimum atomic E-state index is -0.631. The molecule has 0 saturated carbocycles. The average molecular weight is 376 g/mol. The van der Waals surface area contributed by atoms with Crippen LogP contribution in [0.2, 0.25) is 0 Å². The van der Waals surface area contributed by atoms with Gasteiger partial charge < -0.3 is 19.5 Å². The summed E-state index contributed by atoms with van der Waals surface area (Å²) in [6.07, 6.45) is 1.67. The number of piperazine rings is 1. The molecule has 1 aliphatic rings. The maximum Gasteiger partial charge on any atom is 0.333 e. The Morgan fingerprint density at radius 1 is 1.30 bits per heavy atom. The van der Waals surface area contributed by atoms with Gasteiger partial charge in [0.25, 0.3) is 5.56 Å². The molecule has 0 bridgehead atoms. The Bertz CT molecular complexity index is 980. The van der Waals surface area contributed by atoms with Crippen LogP contribution in [0.4, 0.5) is 5.95 Å². The minimum absolute atomic E-state index is 0.178. The lowest BCUT2D eigenvalue weighted by molar-refractivity contribution is -0.143. The summed E-state index contributed by atoms with van der Waals surface area (Å²) in [5.41, 5.74) is -0.595. The zero-order chi connectivity index (χ0) is 19.6. The quantitative estimate of drug-likeness (QED) is 0.512. The summed E-state index contributed by atoms with van der Waals surface area (Å²) in [7, 11) is 1.54. The van der Waals surface area contributed by atoms with E-state index in [2.05, 4.69) is 21.8 Å². The summed E-state index contributed by atoms with van der Waals surface area (Å²) in [6, 6.07) is 0. The van der Waals surface area contributed by atoms with Gasteiger partial charge in [0.2, 0.25) is 5.95 Å². The van der Waals surface area contributed by atoms with E-state index < -0.39 is 23.8 Å². The predicted molar refractivity (Wildman–Crippen MR) is 101 cm³/mol. The Morgan fingerprint density at radius 2 is 2.00 bits per heavy atom. The van der Waals surface area contributed by atoms with Crippen molar-refractivity contribution in [2.75, 3.05) is 37.7 Å². The number of aromatic nitrogens is 4. The molecule has 0 amide bonds. The summed E-state index contributed by atoms with van der Waals surface area (Å²) < 4.78 is 8.82. The minimum Gasteiger partial charge on any atom is -0.465 e. The number of allylic oxidation sites excluding steroid dienone is 1. The molecular formula is C17H24N6O4. The molecule has 1 N–H and O–H groups in total. The summed E-state index contributed by atoms with van der Waals surface area (Å²) in [6.45, 7) is 8.64. The van der Waals surface area contributed by atoms with Crippen molar-refractivity contribution in [3.8, 4) is 0 Å². The SMILES string of the molecule is C=CCn1c(N2CCNCC2)nc2c1c(=O)n(CC(=O)OCC)c(=O)n2C. The second-order valence-corrected chi connectivity index (χ2v) is 6.26. The van der Waals surface area contributed by atoms with Crippen LogP contribution in [-0.4, -0.2) is 57.4 Å². The molecule has 3 rings (SSSR count). The number of hydrogen-bond donors (Lipinski definition) is 1. The van der Waals surface area contributed by atoms with Crippen LogP contribution >= 0.6 is 0 Å². The molecule has 0 aliphatic carbocycles. The Hall–Kier alpha value is -2.88.